The Bertz CT molecular complexity index is 777. The predicted molar refractivity (Wildman–Crippen MR) is 99.4 cm³/mol. The molecule has 2 rings (SSSR count). The number of hydrogen-bond acceptors (Lipinski definition) is 4. The molecule has 1 amide bonds. The van der Waals surface area contributed by atoms with Gasteiger partial charge < -0.3 is 16.4 Å². The van der Waals surface area contributed by atoms with E-state index in [1.54, 1.807) is 23.2 Å². The monoisotopic (exact) mass is 338 g/mol. The van der Waals surface area contributed by atoms with E-state index in [0.29, 0.717) is 30.1 Å². The highest BCUT2D eigenvalue weighted by molar-refractivity contribution is 6.17. The van der Waals surface area contributed by atoms with Gasteiger partial charge in [0.2, 0.25) is 5.96 Å². The SMILES string of the molecule is CCN(CC)C(=O)c1cccnc1/C(=N/N=C(N)N)c1ccccc1. The van der Waals surface area contributed by atoms with Crippen molar-refractivity contribution in [1.29, 1.82) is 0 Å². The standard InChI is InChI=1S/C18H22N6O/c1-3-24(4-2)17(25)14-11-8-12-21-16(14)15(22-23-18(19)20)13-9-6-5-7-10-13/h5-12H,3-4H2,1-2H3,(H4,19,20,23)/b22-15+. The molecule has 1 heterocycles. The van der Waals surface area contributed by atoms with E-state index in [9.17, 15) is 4.79 Å². The zero-order valence-corrected chi connectivity index (χ0v) is 14.4. The summed E-state index contributed by atoms with van der Waals surface area (Å²) in [6, 6.07) is 12.8. The highest BCUT2D eigenvalue weighted by atomic mass is 16.2. The van der Waals surface area contributed by atoms with Gasteiger partial charge in [0.1, 0.15) is 11.4 Å². The number of carbonyl (C=O) groups is 1. The Morgan fingerprint density at radius 2 is 1.72 bits per heavy atom. The second-order valence-corrected chi connectivity index (χ2v) is 5.22. The van der Waals surface area contributed by atoms with E-state index in [1.807, 2.05) is 44.2 Å². The van der Waals surface area contributed by atoms with Crippen LogP contribution in [0.15, 0.2) is 58.9 Å². The molecule has 0 spiro atoms. The van der Waals surface area contributed by atoms with Crippen LogP contribution in [0.3, 0.4) is 0 Å². The lowest BCUT2D eigenvalue weighted by Gasteiger charge is -2.20. The van der Waals surface area contributed by atoms with Crippen molar-refractivity contribution in [3.8, 4) is 0 Å². The third kappa shape index (κ3) is 4.41. The predicted octanol–water partition coefficient (Wildman–Crippen LogP) is 1.59. The topological polar surface area (TPSA) is 110 Å². The van der Waals surface area contributed by atoms with Crippen molar-refractivity contribution in [2.24, 2.45) is 21.7 Å². The van der Waals surface area contributed by atoms with Crippen LogP contribution in [0.1, 0.15) is 35.5 Å². The lowest BCUT2D eigenvalue weighted by molar-refractivity contribution is 0.0772. The molecular formula is C18H22N6O. The second kappa shape index (κ2) is 8.58. The number of nitrogens with zero attached hydrogens (tertiary/aromatic N) is 4. The largest absolute Gasteiger partial charge is 0.369 e. The van der Waals surface area contributed by atoms with Gasteiger partial charge in [-0.25, -0.2) is 0 Å². The van der Waals surface area contributed by atoms with Crippen LogP contribution in [0.2, 0.25) is 0 Å². The van der Waals surface area contributed by atoms with Gasteiger partial charge >= 0.3 is 0 Å². The van der Waals surface area contributed by atoms with Crippen molar-refractivity contribution in [2.45, 2.75) is 13.8 Å². The Hall–Kier alpha value is -3.22. The Labute approximate surface area is 147 Å². The minimum Gasteiger partial charge on any atom is -0.369 e. The summed E-state index contributed by atoms with van der Waals surface area (Å²) in [4.78, 5) is 18.9. The van der Waals surface area contributed by atoms with Crippen LogP contribution in [0.4, 0.5) is 0 Å². The highest BCUT2D eigenvalue weighted by Gasteiger charge is 2.21. The first-order valence-electron chi connectivity index (χ1n) is 8.05. The molecule has 0 aliphatic carbocycles. The number of benzene rings is 1. The van der Waals surface area contributed by atoms with Gasteiger partial charge in [-0.15, -0.1) is 10.2 Å². The third-order valence-electron chi connectivity index (χ3n) is 3.63. The van der Waals surface area contributed by atoms with Gasteiger partial charge in [-0.05, 0) is 26.0 Å². The summed E-state index contributed by atoms with van der Waals surface area (Å²) in [6.07, 6.45) is 1.61. The molecule has 0 fully saturated rings. The van der Waals surface area contributed by atoms with Gasteiger partial charge in [0.05, 0.1) is 5.56 Å². The van der Waals surface area contributed by atoms with E-state index >= 15 is 0 Å². The van der Waals surface area contributed by atoms with E-state index in [1.165, 1.54) is 0 Å². The lowest BCUT2D eigenvalue weighted by atomic mass is 10.0. The van der Waals surface area contributed by atoms with Gasteiger partial charge in [0.25, 0.3) is 5.91 Å². The van der Waals surface area contributed by atoms with Crippen LogP contribution in [-0.2, 0) is 0 Å². The van der Waals surface area contributed by atoms with E-state index in [0.717, 1.165) is 5.56 Å². The summed E-state index contributed by atoms with van der Waals surface area (Å²) >= 11 is 0. The number of aromatic nitrogens is 1. The number of carbonyl (C=O) groups excluding carboxylic acids is 1. The molecule has 1 aromatic carbocycles. The average Bonchev–Trinajstić information content (AvgIpc) is 2.64. The molecule has 0 radical (unpaired) electrons. The summed E-state index contributed by atoms with van der Waals surface area (Å²) < 4.78 is 0. The fourth-order valence-corrected chi connectivity index (χ4v) is 2.39. The van der Waals surface area contributed by atoms with Crippen LogP contribution >= 0.6 is 0 Å². The van der Waals surface area contributed by atoms with Crippen LogP contribution < -0.4 is 11.5 Å². The molecule has 0 aliphatic heterocycles. The molecule has 130 valence electrons. The van der Waals surface area contributed by atoms with Gasteiger partial charge in [-0.1, -0.05) is 30.3 Å². The molecule has 1 aromatic heterocycles. The van der Waals surface area contributed by atoms with Gasteiger partial charge in [-0.2, -0.15) is 0 Å². The highest BCUT2D eigenvalue weighted by Crippen LogP contribution is 2.16. The molecule has 7 heteroatoms. The van der Waals surface area contributed by atoms with Crippen LogP contribution in [-0.4, -0.2) is 40.6 Å². The number of hydrogen-bond donors (Lipinski definition) is 2. The van der Waals surface area contributed by atoms with Crippen molar-refractivity contribution in [3.63, 3.8) is 0 Å². The second-order valence-electron chi connectivity index (χ2n) is 5.22. The maximum absolute atomic E-state index is 12.8. The summed E-state index contributed by atoms with van der Waals surface area (Å²) in [6.45, 7) is 5.08. The summed E-state index contributed by atoms with van der Waals surface area (Å²) in [5, 5.41) is 7.90. The van der Waals surface area contributed by atoms with E-state index in [-0.39, 0.29) is 11.9 Å². The molecule has 25 heavy (non-hydrogen) atoms. The minimum absolute atomic E-state index is 0.110. The molecule has 7 nitrogen and oxygen atoms in total. The first-order chi connectivity index (χ1) is 12.1. The third-order valence-corrected chi connectivity index (χ3v) is 3.63. The molecular weight excluding hydrogens is 316 g/mol. The number of amides is 1. The summed E-state index contributed by atoms with van der Waals surface area (Å²) in [7, 11) is 0. The van der Waals surface area contributed by atoms with Crippen LogP contribution in [0.5, 0.6) is 0 Å². The smallest absolute Gasteiger partial charge is 0.256 e. The maximum Gasteiger partial charge on any atom is 0.256 e. The van der Waals surface area contributed by atoms with Crippen LogP contribution in [0.25, 0.3) is 0 Å². The zero-order valence-electron chi connectivity index (χ0n) is 14.4. The van der Waals surface area contributed by atoms with Crippen molar-refractivity contribution in [2.75, 3.05) is 13.1 Å². The van der Waals surface area contributed by atoms with E-state index < -0.39 is 0 Å². The molecule has 0 saturated heterocycles. The number of pyridine rings is 1. The Kier molecular flexibility index (Phi) is 6.22. The average molecular weight is 338 g/mol. The lowest BCUT2D eigenvalue weighted by Crippen LogP contribution is -2.32. The quantitative estimate of drug-likeness (QED) is 0.473. The maximum atomic E-state index is 12.8. The molecule has 0 aliphatic rings. The van der Waals surface area contributed by atoms with E-state index in [4.69, 9.17) is 11.5 Å². The van der Waals surface area contributed by atoms with Crippen molar-refractivity contribution in [3.05, 3.63) is 65.5 Å². The number of nitrogens with two attached hydrogens (primary N) is 2. The van der Waals surface area contributed by atoms with Gasteiger partial charge in [-0.3, -0.25) is 9.78 Å². The van der Waals surface area contributed by atoms with Gasteiger partial charge in [0.15, 0.2) is 0 Å². The fourth-order valence-electron chi connectivity index (χ4n) is 2.39. The van der Waals surface area contributed by atoms with Gasteiger partial charge in [0, 0.05) is 24.8 Å². The summed E-state index contributed by atoms with van der Waals surface area (Å²) in [5.41, 5.74) is 12.9. The fraction of sp³-hybridized carbons (Fsp3) is 0.222. The van der Waals surface area contributed by atoms with Crippen molar-refractivity contribution in [1.82, 2.24) is 9.88 Å². The molecule has 4 N–H and O–H groups in total. The van der Waals surface area contributed by atoms with Crippen molar-refractivity contribution < 1.29 is 4.79 Å². The zero-order chi connectivity index (χ0) is 18.2. The molecule has 0 atom stereocenters. The molecule has 0 unspecified atom stereocenters. The number of rotatable bonds is 6. The molecule has 2 aromatic rings. The Balaban J connectivity index is 2.61. The molecule has 0 saturated carbocycles. The van der Waals surface area contributed by atoms with Crippen molar-refractivity contribution >= 4 is 17.6 Å². The normalized spacial score (nSPS) is 11.0. The number of guanidine groups is 1. The Morgan fingerprint density at radius 3 is 2.32 bits per heavy atom. The minimum atomic E-state index is -0.166. The first-order valence-corrected chi connectivity index (χ1v) is 8.05. The first kappa shape index (κ1) is 18.1. The Morgan fingerprint density at radius 1 is 1.04 bits per heavy atom. The van der Waals surface area contributed by atoms with Crippen LogP contribution in [0, 0.1) is 0 Å². The van der Waals surface area contributed by atoms with E-state index in [2.05, 4.69) is 15.2 Å². The molecule has 0 bridgehead atoms. The summed E-state index contributed by atoms with van der Waals surface area (Å²) in [5.74, 6) is -0.276.